The lowest BCUT2D eigenvalue weighted by atomic mass is 10.3. The van der Waals surface area contributed by atoms with Crippen molar-refractivity contribution >= 4 is 56.5 Å². The van der Waals surface area contributed by atoms with E-state index in [0.29, 0.717) is 10.8 Å². The van der Waals surface area contributed by atoms with E-state index in [0.717, 1.165) is 10.2 Å². The SMILES string of the molecule is Nc1ncnc(Nc2ccc(Br)c(Cl)c2)c1Cl. The van der Waals surface area contributed by atoms with Crippen molar-refractivity contribution in [2.45, 2.75) is 0 Å². The van der Waals surface area contributed by atoms with Crippen molar-refractivity contribution in [1.29, 1.82) is 0 Å². The molecule has 2 aromatic rings. The molecule has 3 N–H and O–H groups in total. The first-order valence-electron chi connectivity index (χ1n) is 4.56. The molecule has 4 nitrogen and oxygen atoms in total. The first-order chi connectivity index (χ1) is 8.08. The van der Waals surface area contributed by atoms with Gasteiger partial charge in [-0.05, 0) is 34.1 Å². The van der Waals surface area contributed by atoms with Gasteiger partial charge in [0.15, 0.2) is 5.82 Å². The van der Waals surface area contributed by atoms with Gasteiger partial charge < -0.3 is 11.1 Å². The van der Waals surface area contributed by atoms with Crippen LogP contribution in [-0.4, -0.2) is 9.97 Å². The number of hydrogen-bond donors (Lipinski definition) is 2. The zero-order chi connectivity index (χ0) is 12.4. The zero-order valence-corrected chi connectivity index (χ0v) is 11.5. The molecule has 0 radical (unpaired) electrons. The Balaban J connectivity index is 2.31. The minimum atomic E-state index is 0.229. The van der Waals surface area contributed by atoms with Crippen LogP contribution in [0.3, 0.4) is 0 Å². The number of nitrogens with one attached hydrogen (secondary N) is 1. The Labute approximate surface area is 116 Å². The Morgan fingerprint density at radius 2 is 2.00 bits per heavy atom. The van der Waals surface area contributed by atoms with Gasteiger partial charge in [0.2, 0.25) is 0 Å². The van der Waals surface area contributed by atoms with E-state index in [1.165, 1.54) is 6.33 Å². The fraction of sp³-hybridized carbons (Fsp3) is 0. The average molecular weight is 334 g/mol. The third-order valence-electron chi connectivity index (χ3n) is 2.00. The number of benzene rings is 1. The van der Waals surface area contributed by atoms with Gasteiger partial charge in [-0.15, -0.1) is 0 Å². The molecule has 0 saturated carbocycles. The van der Waals surface area contributed by atoms with Gasteiger partial charge in [-0.1, -0.05) is 23.2 Å². The molecule has 1 heterocycles. The molecule has 0 fully saturated rings. The summed E-state index contributed by atoms with van der Waals surface area (Å²) in [6, 6.07) is 5.41. The number of anilines is 3. The van der Waals surface area contributed by atoms with Crippen LogP contribution in [0.25, 0.3) is 0 Å². The zero-order valence-electron chi connectivity index (χ0n) is 8.42. The molecule has 88 valence electrons. The van der Waals surface area contributed by atoms with E-state index in [1.807, 2.05) is 12.1 Å². The van der Waals surface area contributed by atoms with Gasteiger partial charge >= 0.3 is 0 Å². The molecule has 0 bridgehead atoms. The van der Waals surface area contributed by atoms with Crippen LogP contribution < -0.4 is 11.1 Å². The minimum absolute atomic E-state index is 0.229. The number of nitrogens with two attached hydrogens (primary N) is 1. The van der Waals surface area contributed by atoms with Crippen LogP contribution in [0, 0.1) is 0 Å². The third-order valence-corrected chi connectivity index (χ3v) is 3.60. The molecule has 0 spiro atoms. The highest BCUT2D eigenvalue weighted by molar-refractivity contribution is 9.10. The third kappa shape index (κ3) is 2.80. The molecule has 2 rings (SSSR count). The molecule has 1 aromatic carbocycles. The van der Waals surface area contributed by atoms with E-state index in [2.05, 4.69) is 31.2 Å². The highest BCUT2D eigenvalue weighted by Gasteiger charge is 2.07. The highest BCUT2D eigenvalue weighted by Crippen LogP contribution is 2.30. The van der Waals surface area contributed by atoms with Crippen LogP contribution in [0.2, 0.25) is 10.0 Å². The molecule has 1 aromatic heterocycles. The summed E-state index contributed by atoms with van der Waals surface area (Å²) >= 11 is 15.2. The van der Waals surface area contributed by atoms with Crippen molar-refractivity contribution in [2.24, 2.45) is 0 Å². The molecule has 0 unspecified atom stereocenters. The van der Waals surface area contributed by atoms with E-state index in [4.69, 9.17) is 28.9 Å². The van der Waals surface area contributed by atoms with Gasteiger partial charge in [-0.2, -0.15) is 0 Å². The Morgan fingerprint density at radius 1 is 1.24 bits per heavy atom. The fourth-order valence-corrected chi connectivity index (χ4v) is 1.75. The number of halogens is 3. The fourth-order valence-electron chi connectivity index (χ4n) is 1.18. The molecular formula is C10H7BrCl2N4. The Kier molecular flexibility index (Phi) is 3.71. The lowest BCUT2D eigenvalue weighted by Gasteiger charge is -2.08. The van der Waals surface area contributed by atoms with Crippen LogP contribution in [0.15, 0.2) is 29.0 Å². The summed E-state index contributed by atoms with van der Waals surface area (Å²) in [4.78, 5) is 7.77. The second kappa shape index (κ2) is 5.08. The topological polar surface area (TPSA) is 63.8 Å². The minimum Gasteiger partial charge on any atom is -0.382 e. The normalized spacial score (nSPS) is 10.3. The number of rotatable bonds is 2. The molecule has 0 aliphatic heterocycles. The van der Waals surface area contributed by atoms with E-state index >= 15 is 0 Å². The Morgan fingerprint density at radius 3 is 2.71 bits per heavy atom. The molecule has 0 amide bonds. The largest absolute Gasteiger partial charge is 0.382 e. The van der Waals surface area contributed by atoms with Crippen molar-refractivity contribution in [1.82, 2.24) is 9.97 Å². The number of hydrogen-bond acceptors (Lipinski definition) is 4. The summed E-state index contributed by atoms with van der Waals surface area (Å²) in [6.07, 6.45) is 1.34. The van der Waals surface area contributed by atoms with Crippen molar-refractivity contribution in [2.75, 3.05) is 11.1 Å². The predicted molar refractivity (Wildman–Crippen MR) is 73.9 cm³/mol. The Hall–Kier alpha value is -1.04. The van der Waals surface area contributed by atoms with Gasteiger partial charge in [0, 0.05) is 10.2 Å². The molecule has 0 saturated heterocycles. The van der Waals surface area contributed by atoms with Crippen LogP contribution >= 0.6 is 39.1 Å². The summed E-state index contributed by atoms with van der Waals surface area (Å²) in [5.41, 5.74) is 6.33. The standard InChI is InChI=1S/C10H7BrCl2N4/c11-6-2-1-5(3-7(6)12)17-10-8(13)9(14)15-4-16-10/h1-4H,(H3,14,15,16,17). The molecule has 17 heavy (non-hydrogen) atoms. The second-order valence-corrected chi connectivity index (χ2v) is 4.81. The van der Waals surface area contributed by atoms with E-state index in [9.17, 15) is 0 Å². The first kappa shape index (κ1) is 12.4. The quantitative estimate of drug-likeness (QED) is 0.875. The maximum Gasteiger partial charge on any atom is 0.154 e. The maximum absolute atomic E-state index is 5.97. The first-order valence-corrected chi connectivity index (χ1v) is 6.11. The summed E-state index contributed by atoms with van der Waals surface area (Å²) in [5, 5.41) is 3.89. The van der Waals surface area contributed by atoms with Crippen LogP contribution in [-0.2, 0) is 0 Å². The number of aromatic nitrogens is 2. The summed E-state index contributed by atoms with van der Waals surface area (Å²) in [7, 11) is 0. The molecule has 0 atom stereocenters. The van der Waals surface area contributed by atoms with Crippen molar-refractivity contribution in [3.8, 4) is 0 Å². The van der Waals surface area contributed by atoms with Crippen molar-refractivity contribution in [3.63, 3.8) is 0 Å². The monoisotopic (exact) mass is 332 g/mol. The predicted octanol–water partition coefficient (Wildman–Crippen LogP) is 3.87. The van der Waals surface area contributed by atoms with Gasteiger partial charge in [0.25, 0.3) is 0 Å². The molecule has 0 aliphatic rings. The van der Waals surface area contributed by atoms with Gasteiger partial charge in [0.1, 0.15) is 17.2 Å². The molecule has 7 heteroatoms. The van der Waals surface area contributed by atoms with Crippen molar-refractivity contribution in [3.05, 3.63) is 39.0 Å². The van der Waals surface area contributed by atoms with Crippen LogP contribution in [0.4, 0.5) is 17.3 Å². The van der Waals surface area contributed by atoms with Crippen molar-refractivity contribution < 1.29 is 0 Å². The lowest BCUT2D eigenvalue weighted by molar-refractivity contribution is 1.18. The summed E-state index contributed by atoms with van der Waals surface area (Å²) in [6.45, 7) is 0. The van der Waals surface area contributed by atoms with E-state index < -0.39 is 0 Å². The van der Waals surface area contributed by atoms with Gasteiger partial charge in [0.05, 0.1) is 5.02 Å². The van der Waals surface area contributed by atoms with E-state index in [1.54, 1.807) is 6.07 Å². The summed E-state index contributed by atoms with van der Waals surface area (Å²) in [5.74, 6) is 0.671. The average Bonchev–Trinajstić information content (AvgIpc) is 2.30. The lowest BCUT2D eigenvalue weighted by Crippen LogP contribution is -1.99. The molecule has 0 aliphatic carbocycles. The van der Waals surface area contributed by atoms with Gasteiger partial charge in [-0.25, -0.2) is 9.97 Å². The number of nitrogens with zero attached hydrogens (tertiary/aromatic N) is 2. The number of nitrogen functional groups attached to an aromatic ring is 1. The van der Waals surface area contributed by atoms with Gasteiger partial charge in [-0.3, -0.25) is 0 Å². The highest BCUT2D eigenvalue weighted by atomic mass is 79.9. The molecular weight excluding hydrogens is 327 g/mol. The second-order valence-electron chi connectivity index (χ2n) is 3.18. The maximum atomic E-state index is 5.97. The Bertz CT molecular complexity index is 562. The summed E-state index contributed by atoms with van der Waals surface area (Å²) < 4.78 is 0.818. The smallest absolute Gasteiger partial charge is 0.154 e. The van der Waals surface area contributed by atoms with Crippen LogP contribution in [0.5, 0.6) is 0 Å². The van der Waals surface area contributed by atoms with Crippen LogP contribution in [0.1, 0.15) is 0 Å². The van der Waals surface area contributed by atoms with E-state index in [-0.39, 0.29) is 10.8 Å².